The minimum Gasteiger partial charge on any atom is -0.385 e. The van der Waals surface area contributed by atoms with Gasteiger partial charge in [0.15, 0.2) is 5.79 Å². The third-order valence-corrected chi connectivity index (χ3v) is 2.77. The Labute approximate surface area is 94.2 Å². The van der Waals surface area contributed by atoms with Crippen LogP contribution in [0.25, 0.3) is 0 Å². The molecule has 4 atom stereocenters. The van der Waals surface area contributed by atoms with E-state index in [1.807, 2.05) is 19.9 Å². The average Bonchev–Trinajstić information content (AvgIpc) is 2.95. The Morgan fingerprint density at radius 3 is 2.81 bits per heavy atom. The highest BCUT2D eigenvalue weighted by Crippen LogP contribution is 2.37. The van der Waals surface area contributed by atoms with E-state index in [1.165, 1.54) is 0 Å². The Hall–Kier alpha value is -0.930. The predicted molar refractivity (Wildman–Crippen MR) is 54.3 cm³/mol. The van der Waals surface area contributed by atoms with Crippen molar-refractivity contribution in [2.24, 2.45) is 0 Å². The van der Waals surface area contributed by atoms with Gasteiger partial charge in [-0.15, -0.1) is 0 Å². The Morgan fingerprint density at radius 1 is 1.62 bits per heavy atom. The Kier molecular flexibility index (Phi) is 2.76. The number of hydrogen-bond acceptors (Lipinski definition) is 5. The number of aliphatic hydroxyl groups is 1. The van der Waals surface area contributed by atoms with Gasteiger partial charge in [0, 0.05) is 0 Å². The second kappa shape index (κ2) is 3.82. The number of aliphatic hydroxyl groups excluding tert-OH is 1. The molecular formula is C11H15NO4. The summed E-state index contributed by atoms with van der Waals surface area (Å²) in [4.78, 5) is 0. The average molecular weight is 225 g/mol. The van der Waals surface area contributed by atoms with Gasteiger partial charge >= 0.3 is 0 Å². The number of nitrogens with zero attached hydrogens (tertiary/aromatic N) is 1. The molecule has 0 aromatic carbocycles. The lowest BCUT2D eigenvalue weighted by Gasteiger charge is -2.16. The molecule has 2 aliphatic heterocycles. The minimum atomic E-state index is -0.942. The topological polar surface area (TPSA) is 75.0 Å². The summed E-state index contributed by atoms with van der Waals surface area (Å²) in [5, 5.41) is 18.3. The SMILES string of the molecule is C=C(C#N)[C@@H](O)[C@@H]1O[C@@H]1[C@H]1COC(C)(C)O1. The molecule has 88 valence electrons. The lowest BCUT2D eigenvalue weighted by molar-refractivity contribution is -0.140. The van der Waals surface area contributed by atoms with Crippen molar-refractivity contribution in [3.05, 3.63) is 12.2 Å². The summed E-state index contributed by atoms with van der Waals surface area (Å²) in [5.41, 5.74) is 0.116. The zero-order chi connectivity index (χ0) is 11.9. The van der Waals surface area contributed by atoms with Crippen LogP contribution in [0.4, 0.5) is 0 Å². The second-order valence-corrected chi connectivity index (χ2v) is 4.51. The highest BCUT2D eigenvalue weighted by Gasteiger charge is 2.54. The zero-order valence-electron chi connectivity index (χ0n) is 9.34. The van der Waals surface area contributed by atoms with Crippen LogP contribution in [0.5, 0.6) is 0 Å². The maximum absolute atomic E-state index is 9.67. The molecule has 2 fully saturated rings. The molecule has 0 unspecified atom stereocenters. The maximum atomic E-state index is 9.67. The fraction of sp³-hybridized carbons (Fsp3) is 0.727. The number of hydrogen-bond donors (Lipinski definition) is 1. The number of nitriles is 1. The van der Waals surface area contributed by atoms with Crippen LogP contribution in [-0.2, 0) is 14.2 Å². The van der Waals surface area contributed by atoms with E-state index in [0.717, 1.165) is 0 Å². The standard InChI is InChI=1S/C11H15NO4/c1-6(4-12)8(13)10-9(15-10)7-5-14-11(2,3)16-7/h7-10,13H,1,5H2,2-3H3/t7-,8-,9-,10+/m1/s1. The van der Waals surface area contributed by atoms with Crippen molar-refractivity contribution in [1.29, 1.82) is 5.26 Å². The third-order valence-electron chi connectivity index (χ3n) is 2.77. The first kappa shape index (κ1) is 11.6. The number of ether oxygens (including phenoxy) is 3. The molecule has 1 N–H and O–H groups in total. The number of rotatable bonds is 3. The first-order valence-corrected chi connectivity index (χ1v) is 5.19. The van der Waals surface area contributed by atoms with E-state index in [9.17, 15) is 5.11 Å². The largest absolute Gasteiger partial charge is 0.385 e. The van der Waals surface area contributed by atoms with E-state index < -0.39 is 18.0 Å². The van der Waals surface area contributed by atoms with Crippen LogP contribution in [0.2, 0.25) is 0 Å². The predicted octanol–water partition coefficient (Wildman–Crippen LogP) is 0.346. The van der Waals surface area contributed by atoms with Crippen LogP contribution >= 0.6 is 0 Å². The van der Waals surface area contributed by atoms with Gasteiger partial charge in [-0.1, -0.05) is 6.58 Å². The van der Waals surface area contributed by atoms with Crippen molar-refractivity contribution in [3.63, 3.8) is 0 Å². The number of epoxide rings is 1. The van der Waals surface area contributed by atoms with Crippen LogP contribution in [0.1, 0.15) is 13.8 Å². The van der Waals surface area contributed by atoms with Crippen molar-refractivity contribution in [2.45, 2.75) is 44.1 Å². The van der Waals surface area contributed by atoms with Gasteiger partial charge in [-0.3, -0.25) is 0 Å². The second-order valence-electron chi connectivity index (χ2n) is 4.51. The van der Waals surface area contributed by atoms with Crippen LogP contribution < -0.4 is 0 Å². The fourth-order valence-corrected chi connectivity index (χ4v) is 1.83. The van der Waals surface area contributed by atoms with Crippen LogP contribution in [0.3, 0.4) is 0 Å². The van der Waals surface area contributed by atoms with Gasteiger partial charge in [0.2, 0.25) is 0 Å². The molecule has 5 nitrogen and oxygen atoms in total. The summed E-state index contributed by atoms with van der Waals surface area (Å²) in [6.07, 6.45) is -1.72. The molecule has 0 amide bonds. The van der Waals surface area contributed by atoms with Crippen molar-refractivity contribution in [2.75, 3.05) is 6.61 Å². The summed E-state index contributed by atoms with van der Waals surface area (Å²) in [6.45, 7) is 7.56. The summed E-state index contributed by atoms with van der Waals surface area (Å²) >= 11 is 0. The summed E-state index contributed by atoms with van der Waals surface area (Å²) in [5.74, 6) is -0.599. The maximum Gasteiger partial charge on any atom is 0.163 e. The Bertz CT molecular complexity index is 346. The molecule has 0 aromatic heterocycles. The highest BCUT2D eigenvalue weighted by molar-refractivity contribution is 5.25. The molecule has 0 radical (unpaired) electrons. The van der Waals surface area contributed by atoms with Gasteiger partial charge in [-0.25, -0.2) is 0 Å². The van der Waals surface area contributed by atoms with Crippen molar-refractivity contribution < 1.29 is 19.3 Å². The van der Waals surface area contributed by atoms with Crippen LogP contribution in [0, 0.1) is 11.3 Å². The monoisotopic (exact) mass is 225 g/mol. The lowest BCUT2D eigenvalue weighted by atomic mass is 10.1. The summed E-state index contributed by atoms with van der Waals surface area (Å²) in [7, 11) is 0. The molecule has 0 spiro atoms. The fourth-order valence-electron chi connectivity index (χ4n) is 1.83. The van der Waals surface area contributed by atoms with E-state index in [-0.39, 0.29) is 17.8 Å². The first-order chi connectivity index (χ1) is 7.44. The molecule has 2 saturated heterocycles. The smallest absolute Gasteiger partial charge is 0.163 e. The van der Waals surface area contributed by atoms with Crippen LogP contribution in [-0.4, -0.2) is 41.9 Å². The molecular weight excluding hydrogens is 210 g/mol. The van der Waals surface area contributed by atoms with Crippen molar-refractivity contribution in [3.8, 4) is 6.07 Å². The molecule has 5 heteroatoms. The molecule has 0 bridgehead atoms. The van der Waals surface area contributed by atoms with Crippen molar-refractivity contribution in [1.82, 2.24) is 0 Å². The highest BCUT2D eigenvalue weighted by atomic mass is 16.8. The third kappa shape index (κ3) is 2.11. The van der Waals surface area contributed by atoms with Crippen LogP contribution in [0.15, 0.2) is 12.2 Å². The van der Waals surface area contributed by atoms with E-state index in [2.05, 4.69) is 6.58 Å². The molecule has 16 heavy (non-hydrogen) atoms. The van der Waals surface area contributed by atoms with E-state index in [1.54, 1.807) is 0 Å². The first-order valence-electron chi connectivity index (χ1n) is 5.19. The zero-order valence-corrected chi connectivity index (χ0v) is 9.34. The molecule has 2 rings (SSSR count). The van der Waals surface area contributed by atoms with Gasteiger partial charge in [0.05, 0.1) is 18.2 Å². The minimum absolute atomic E-state index is 0.116. The molecule has 0 aromatic rings. The molecule has 0 aliphatic carbocycles. The summed E-state index contributed by atoms with van der Waals surface area (Å²) in [6, 6.07) is 1.82. The molecule has 0 saturated carbocycles. The quantitative estimate of drug-likeness (QED) is 0.554. The van der Waals surface area contributed by atoms with Crippen molar-refractivity contribution >= 4 is 0 Å². The lowest BCUT2D eigenvalue weighted by Crippen LogP contribution is -2.28. The Balaban J connectivity index is 1.89. The van der Waals surface area contributed by atoms with E-state index in [4.69, 9.17) is 19.5 Å². The van der Waals surface area contributed by atoms with Gasteiger partial charge in [-0.2, -0.15) is 5.26 Å². The summed E-state index contributed by atoms with van der Waals surface area (Å²) < 4.78 is 16.3. The van der Waals surface area contributed by atoms with Gasteiger partial charge in [0.25, 0.3) is 0 Å². The van der Waals surface area contributed by atoms with E-state index in [0.29, 0.717) is 6.61 Å². The Morgan fingerprint density at radius 2 is 2.31 bits per heavy atom. The van der Waals surface area contributed by atoms with Gasteiger partial charge in [0.1, 0.15) is 24.4 Å². The molecule has 2 aliphatic rings. The molecule has 2 heterocycles. The van der Waals surface area contributed by atoms with Gasteiger partial charge in [-0.05, 0) is 13.8 Å². The normalized spacial score (nSPS) is 37.8. The van der Waals surface area contributed by atoms with E-state index >= 15 is 0 Å². The van der Waals surface area contributed by atoms with Gasteiger partial charge < -0.3 is 19.3 Å².